The lowest BCUT2D eigenvalue weighted by molar-refractivity contribution is 0.373. The van der Waals surface area contributed by atoms with E-state index < -0.39 is 10.0 Å². The molecular formula is C16H20N6O3S. The summed E-state index contributed by atoms with van der Waals surface area (Å²) in [6.45, 7) is 5.23. The predicted octanol–water partition coefficient (Wildman–Crippen LogP) is 1.08. The first-order valence-corrected chi connectivity index (χ1v) is 9.79. The number of pyridine rings is 1. The third-order valence-corrected chi connectivity index (χ3v) is 6.86. The smallest absolute Gasteiger partial charge is 0.300 e. The number of fused-ring (bicyclic) bond motifs is 1. The minimum Gasteiger partial charge on any atom is -0.422 e. The summed E-state index contributed by atoms with van der Waals surface area (Å²) in [5.41, 5.74) is 2.35. The van der Waals surface area contributed by atoms with Gasteiger partial charge in [-0.3, -0.25) is 4.68 Å². The second-order valence-electron chi connectivity index (χ2n) is 6.34. The van der Waals surface area contributed by atoms with Crippen LogP contribution in [0.2, 0.25) is 0 Å². The van der Waals surface area contributed by atoms with Crippen molar-refractivity contribution in [3.05, 3.63) is 29.7 Å². The summed E-state index contributed by atoms with van der Waals surface area (Å²) in [4.78, 5) is 10.8. The van der Waals surface area contributed by atoms with Crippen molar-refractivity contribution in [1.29, 1.82) is 0 Å². The molecule has 26 heavy (non-hydrogen) atoms. The molecule has 0 saturated carbocycles. The van der Waals surface area contributed by atoms with E-state index in [0.717, 1.165) is 0 Å². The third-order valence-electron chi connectivity index (χ3n) is 4.70. The van der Waals surface area contributed by atoms with Gasteiger partial charge in [0.25, 0.3) is 6.01 Å². The zero-order valence-corrected chi connectivity index (χ0v) is 15.7. The summed E-state index contributed by atoms with van der Waals surface area (Å²) in [7, 11) is -1.82. The molecule has 4 heterocycles. The highest BCUT2D eigenvalue weighted by molar-refractivity contribution is 7.89. The van der Waals surface area contributed by atoms with Crippen molar-refractivity contribution < 1.29 is 12.8 Å². The van der Waals surface area contributed by atoms with Crippen LogP contribution in [0.25, 0.3) is 11.2 Å². The van der Waals surface area contributed by atoms with Crippen molar-refractivity contribution >= 4 is 27.3 Å². The maximum absolute atomic E-state index is 13.0. The zero-order valence-electron chi connectivity index (χ0n) is 14.9. The molecule has 3 aromatic heterocycles. The molecule has 0 aromatic carbocycles. The summed E-state index contributed by atoms with van der Waals surface area (Å²) in [5, 5.41) is 4.23. The van der Waals surface area contributed by atoms with Crippen molar-refractivity contribution in [3.63, 3.8) is 0 Å². The number of sulfonamides is 1. The lowest BCUT2D eigenvalue weighted by Crippen LogP contribution is -2.49. The van der Waals surface area contributed by atoms with E-state index in [9.17, 15) is 8.42 Å². The molecule has 138 valence electrons. The highest BCUT2D eigenvalue weighted by atomic mass is 32.2. The maximum atomic E-state index is 13.0. The number of anilines is 1. The van der Waals surface area contributed by atoms with E-state index in [2.05, 4.69) is 15.1 Å². The van der Waals surface area contributed by atoms with Crippen LogP contribution in [0, 0.1) is 13.8 Å². The Morgan fingerprint density at radius 1 is 1.15 bits per heavy atom. The first-order chi connectivity index (χ1) is 12.4. The van der Waals surface area contributed by atoms with E-state index in [4.69, 9.17) is 4.42 Å². The van der Waals surface area contributed by atoms with Crippen molar-refractivity contribution in [2.24, 2.45) is 7.05 Å². The van der Waals surface area contributed by atoms with Crippen molar-refractivity contribution in [1.82, 2.24) is 24.1 Å². The van der Waals surface area contributed by atoms with Gasteiger partial charge in [-0.2, -0.15) is 14.4 Å². The van der Waals surface area contributed by atoms with Gasteiger partial charge in [-0.15, -0.1) is 0 Å². The highest BCUT2D eigenvalue weighted by Crippen LogP contribution is 2.26. The van der Waals surface area contributed by atoms with Gasteiger partial charge in [-0.05, 0) is 26.0 Å². The second-order valence-corrected chi connectivity index (χ2v) is 8.21. The molecule has 3 aromatic rings. The van der Waals surface area contributed by atoms with Crippen LogP contribution >= 0.6 is 0 Å². The van der Waals surface area contributed by atoms with Gasteiger partial charge in [0, 0.05) is 39.4 Å². The van der Waals surface area contributed by atoms with Crippen LogP contribution in [0.1, 0.15) is 11.4 Å². The number of oxazole rings is 1. The minimum absolute atomic E-state index is 0.305. The number of aromatic nitrogens is 4. The van der Waals surface area contributed by atoms with E-state index in [1.54, 1.807) is 37.8 Å². The van der Waals surface area contributed by atoms with E-state index in [0.29, 0.717) is 59.7 Å². The van der Waals surface area contributed by atoms with Crippen LogP contribution in [-0.2, 0) is 17.1 Å². The average Bonchev–Trinajstić information content (AvgIpc) is 3.16. The largest absolute Gasteiger partial charge is 0.422 e. The average molecular weight is 376 g/mol. The number of piperazine rings is 1. The van der Waals surface area contributed by atoms with Crippen molar-refractivity contribution in [3.8, 4) is 0 Å². The molecule has 0 unspecified atom stereocenters. The summed E-state index contributed by atoms with van der Waals surface area (Å²) in [6.07, 6.45) is 1.66. The van der Waals surface area contributed by atoms with E-state index in [1.165, 1.54) is 4.31 Å². The Balaban J connectivity index is 1.54. The number of hydrogen-bond acceptors (Lipinski definition) is 7. The number of aryl methyl sites for hydroxylation is 2. The first kappa shape index (κ1) is 17.0. The number of nitrogens with zero attached hydrogens (tertiary/aromatic N) is 6. The van der Waals surface area contributed by atoms with Gasteiger partial charge in [0.1, 0.15) is 4.90 Å². The van der Waals surface area contributed by atoms with E-state index >= 15 is 0 Å². The molecule has 0 atom stereocenters. The molecule has 9 nitrogen and oxygen atoms in total. The van der Waals surface area contributed by atoms with Gasteiger partial charge in [-0.1, -0.05) is 0 Å². The minimum atomic E-state index is -3.57. The summed E-state index contributed by atoms with van der Waals surface area (Å²) in [5.74, 6) is 0. The Morgan fingerprint density at radius 3 is 2.50 bits per heavy atom. The highest BCUT2D eigenvalue weighted by Gasteiger charge is 2.33. The molecule has 1 saturated heterocycles. The SMILES string of the molecule is Cc1nn(C)c(C)c1S(=O)(=O)N1CCN(c2nc3ncccc3o2)CC1. The zero-order chi connectivity index (χ0) is 18.5. The Hall–Kier alpha value is -2.46. The first-order valence-electron chi connectivity index (χ1n) is 8.35. The number of rotatable bonds is 3. The molecule has 0 radical (unpaired) electrons. The van der Waals surface area contributed by atoms with Gasteiger partial charge >= 0.3 is 0 Å². The maximum Gasteiger partial charge on any atom is 0.300 e. The fourth-order valence-electron chi connectivity index (χ4n) is 3.27. The molecular weight excluding hydrogens is 356 g/mol. The Bertz CT molecular complexity index is 1030. The summed E-state index contributed by atoms with van der Waals surface area (Å²) >= 11 is 0. The van der Waals surface area contributed by atoms with Crippen LogP contribution in [0.5, 0.6) is 0 Å². The normalized spacial score (nSPS) is 16.5. The lowest BCUT2D eigenvalue weighted by Gasteiger charge is -2.33. The fourth-order valence-corrected chi connectivity index (χ4v) is 5.09. The molecule has 1 aliphatic heterocycles. The fraction of sp³-hybridized carbons (Fsp3) is 0.438. The molecule has 4 rings (SSSR count). The van der Waals surface area contributed by atoms with Gasteiger partial charge < -0.3 is 9.32 Å². The molecule has 1 aliphatic rings. The van der Waals surface area contributed by atoms with Gasteiger partial charge in [0.2, 0.25) is 15.7 Å². The quantitative estimate of drug-likeness (QED) is 0.675. The summed E-state index contributed by atoms with van der Waals surface area (Å²) in [6, 6.07) is 4.08. The van der Waals surface area contributed by atoms with Crippen LogP contribution in [0.15, 0.2) is 27.6 Å². The molecule has 0 amide bonds. The molecule has 0 aliphatic carbocycles. The van der Waals surface area contributed by atoms with Crippen LogP contribution in [0.3, 0.4) is 0 Å². The van der Waals surface area contributed by atoms with Gasteiger partial charge in [-0.25, -0.2) is 13.4 Å². The standard InChI is InChI=1S/C16H20N6O3S/c1-11-14(12(2)20(3)19-11)26(23,24)22-9-7-21(8-10-22)16-18-15-13(25-16)5-4-6-17-15/h4-6H,7-10H2,1-3H3. The van der Waals surface area contributed by atoms with E-state index in [1.807, 2.05) is 11.0 Å². The second kappa shape index (κ2) is 6.06. The molecule has 10 heteroatoms. The topological polar surface area (TPSA) is 97.4 Å². The third kappa shape index (κ3) is 2.65. The molecule has 1 fully saturated rings. The van der Waals surface area contributed by atoms with Crippen LogP contribution in [-0.4, -0.2) is 58.7 Å². The summed E-state index contributed by atoms with van der Waals surface area (Å²) < 4.78 is 34.9. The Labute approximate surface area is 151 Å². The Kier molecular flexibility index (Phi) is 3.96. The Morgan fingerprint density at radius 2 is 1.88 bits per heavy atom. The van der Waals surface area contributed by atoms with E-state index in [-0.39, 0.29) is 0 Å². The van der Waals surface area contributed by atoms with Crippen molar-refractivity contribution in [2.75, 3.05) is 31.1 Å². The van der Waals surface area contributed by atoms with Crippen LogP contribution in [0.4, 0.5) is 6.01 Å². The van der Waals surface area contributed by atoms with Gasteiger partial charge in [0.05, 0.1) is 11.4 Å². The molecule has 0 bridgehead atoms. The van der Waals surface area contributed by atoms with Crippen molar-refractivity contribution in [2.45, 2.75) is 18.7 Å². The van der Waals surface area contributed by atoms with Gasteiger partial charge in [0.15, 0.2) is 5.58 Å². The lowest BCUT2D eigenvalue weighted by atomic mass is 10.4. The number of hydrogen-bond donors (Lipinski definition) is 0. The monoisotopic (exact) mass is 376 g/mol. The van der Waals surface area contributed by atoms with Crippen LogP contribution < -0.4 is 4.90 Å². The molecule has 0 spiro atoms. The predicted molar refractivity (Wildman–Crippen MR) is 95.5 cm³/mol. The molecule has 0 N–H and O–H groups in total.